The van der Waals surface area contributed by atoms with E-state index in [1.54, 1.807) is 23.6 Å². The molecule has 9 heteroatoms. The van der Waals surface area contributed by atoms with E-state index in [2.05, 4.69) is 15.3 Å². The van der Waals surface area contributed by atoms with Gasteiger partial charge >= 0.3 is 12.0 Å². The first-order valence-corrected chi connectivity index (χ1v) is 12.3. The molecule has 0 spiro atoms. The fourth-order valence-electron chi connectivity index (χ4n) is 4.35. The molecular weight excluding hydrogens is 446 g/mol. The summed E-state index contributed by atoms with van der Waals surface area (Å²) in [5.74, 6) is -0.496. The molecule has 1 aromatic carbocycles. The van der Waals surface area contributed by atoms with Crippen molar-refractivity contribution >= 4 is 23.6 Å². The van der Waals surface area contributed by atoms with E-state index in [0.717, 1.165) is 24.1 Å². The number of carbonyl (C=O) groups excluding carboxylic acids is 3. The fraction of sp³-hybridized carbons (Fsp3) is 0.500. The highest BCUT2D eigenvalue weighted by Crippen LogP contribution is 2.21. The zero-order valence-electron chi connectivity index (χ0n) is 21.3. The smallest absolute Gasteiger partial charge is 0.342 e. The summed E-state index contributed by atoms with van der Waals surface area (Å²) < 4.78 is 5.23. The van der Waals surface area contributed by atoms with Crippen LogP contribution in [0.4, 0.5) is 10.5 Å². The summed E-state index contributed by atoms with van der Waals surface area (Å²) in [5.41, 5.74) is 2.61. The number of carbonyl (C=O) groups is 3. The topological polar surface area (TPSA) is 105 Å². The van der Waals surface area contributed by atoms with Crippen LogP contribution in [-0.4, -0.2) is 70.0 Å². The second-order valence-corrected chi connectivity index (χ2v) is 8.65. The van der Waals surface area contributed by atoms with Gasteiger partial charge in [0.2, 0.25) is 0 Å². The molecule has 9 nitrogen and oxygen atoms in total. The Balaban J connectivity index is 1.79. The number of esters is 1. The van der Waals surface area contributed by atoms with E-state index >= 15 is 0 Å². The molecule has 0 bridgehead atoms. The van der Waals surface area contributed by atoms with Crippen LogP contribution in [0.15, 0.2) is 24.3 Å². The van der Waals surface area contributed by atoms with Crippen LogP contribution >= 0.6 is 0 Å². The molecule has 1 atom stereocenters. The van der Waals surface area contributed by atoms with E-state index in [9.17, 15) is 14.4 Å². The van der Waals surface area contributed by atoms with Crippen molar-refractivity contribution in [2.45, 2.75) is 59.9 Å². The van der Waals surface area contributed by atoms with Gasteiger partial charge in [0, 0.05) is 31.4 Å². The van der Waals surface area contributed by atoms with Crippen LogP contribution in [0, 0.1) is 6.92 Å². The number of anilines is 1. The molecule has 1 fully saturated rings. The molecule has 0 saturated carbocycles. The summed E-state index contributed by atoms with van der Waals surface area (Å²) in [7, 11) is 0. The van der Waals surface area contributed by atoms with Gasteiger partial charge in [-0.15, -0.1) is 0 Å². The number of para-hydroxylation sites is 1. The van der Waals surface area contributed by atoms with E-state index in [4.69, 9.17) is 4.74 Å². The minimum atomic E-state index is -0.583. The maximum Gasteiger partial charge on any atom is 0.342 e. The minimum absolute atomic E-state index is 0.0707. The number of hydrogen-bond acceptors (Lipinski definition) is 6. The van der Waals surface area contributed by atoms with Gasteiger partial charge in [0.15, 0.2) is 0 Å². The van der Waals surface area contributed by atoms with Crippen LogP contribution < -0.4 is 5.32 Å². The SMILES string of the molecule is CCCc1nc(C)nc(C(=O)N2CCN(C(=O)Nc3ccccc3CC)C(C)C2)c1C(=O)OCC. The van der Waals surface area contributed by atoms with Crippen LogP contribution in [0.2, 0.25) is 0 Å². The Morgan fingerprint density at radius 2 is 1.86 bits per heavy atom. The zero-order chi connectivity index (χ0) is 25.5. The van der Waals surface area contributed by atoms with Gasteiger partial charge < -0.3 is 19.9 Å². The number of amides is 3. The lowest BCUT2D eigenvalue weighted by Gasteiger charge is -2.39. The number of aryl methyl sites for hydroxylation is 3. The van der Waals surface area contributed by atoms with Crippen molar-refractivity contribution < 1.29 is 19.1 Å². The first-order chi connectivity index (χ1) is 16.8. The predicted molar refractivity (Wildman–Crippen MR) is 134 cm³/mol. The van der Waals surface area contributed by atoms with Crippen molar-refractivity contribution in [1.29, 1.82) is 0 Å². The van der Waals surface area contributed by atoms with Gasteiger partial charge in [0.1, 0.15) is 17.1 Å². The number of piperazine rings is 1. The average Bonchev–Trinajstić information content (AvgIpc) is 2.83. The molecule has 1 aliphatic rings. The number of nitrogens with zero attached hydrogens (tertiary/aromatic N) is 4. The Bertz CT molecular complexity index is 1090. The highest BCUT2D eigenvalue weighted by atomic mass is 16.5. The van der Waals surface area contributed by atoms with Gasteiger partial charge in [0.25, 0.3) is 5.91 Å². The largest absolute Gasteiger partial charge is 0.462 e. The van der Waals surface area contributed by atoms with Crippen LogP contribution in [0.3, 0.4) is 0 Å². The number of rotatable bonds is 7. The van der Waals surface area contributed by atoms with Crippen LogP contribution in [0.1, 0.15) is 72.0 Å². The lowest BCUT2D eigenvalue weighted by Crippen LogP contribution is -2.56. The van der Waals surface area contributed by atoms with Crippen LogP contribution in [-0.2, 0) is 17.6 Å². The molecular formula is C26H35N5O4. The Labute approximate surface area is 206 Å². The standard InChI is InChI=1S/C26H35N5O4/c1-6-11-21-22(25(33)35-8-3)23(28-18(5)27-21)24(32)30-14-15-31(17(4)16-30)26(34)29-20-13-10-9-12-19(20)7-2/h9-10,12-13,17H,6-8,11,14-16H2,1-5H3,(H,29,34). The molecule has 0 aliphatic carbocycles. The third-order valence-electron chi connectivity index (χ3n) is 6.08. The molecule has 188 valence electrons. The zero-order valence-corrected chi connectivity index (χ0v) is 21.3. The summed E-state index contributed by atoms with van der Waals surface area (Å²) in [6, 6.07) is 7.32. The molecule has 1 unspecified atom stereocenters. The molecule has 3 rings (SSSR count). The van der Waals surface area contributed by atoms with Gasteiger partial charge in [-0.3, -0.25) is 4.79 Å². The summed E-state index contributed by atoms with van der Waals surface area (Å²) >= 11 is 0. The Kier molecular flexibility index (Phi) is 8.78. The first kappa shape index (κ1) is 26.1. The number of nitrogens with one attached hydrogen (secondary N) is 1. The second-order valence-electron chi connectivity index (χ2n) is 8.65. The van der Waals surface area contributed by atoms with E-state index in [-0.39, 0.29) is 35.8 Å². The fourth-order valence-corrected chi connectivity index (χ4v) is 4.35. The van der Waals surface area contributed by atoms with Gasteiger partial charge in [-0.25, -0.2) is 19.6 Å². The monoisotopic (exact) mass is 481 g/mol. The van der Waals surface area contributed by atoms with Crippen molar-refractivity contribution in [3.63, 3.8) is 0 Å². The van der Waals surface area contributed by atoms with E-state index in [1.165, 1.54) is 0 Å². The molecule has 1 saturated heterocycles. The lowest BCUT2D eigenvalue weighted by molar-refractivity contribution is 0.0502. The van der Waals surface area contributed by atoms with Crippen molar-refractivity contribution in [3.8, 4) is 0 Å². The molecule has 35 heavy (non-hydrogen) atoms. The average molecular weight is 482 g/mol. The lowest BCUT2D eigenvalue weighted by atomic mass is 10.1. The van der Waals surface area contributed by atoms with Gasteiger partial charge in [-0.05, 0) is 45.2 Å². The van der Waals surface area contributed by atoms with Gasteiger partial charge in [-0.2, -0.15) is 0 Å². The summed E-state index contributed by atoms with van der Waals surface area (Å²) in [6.07, 6.45) is 2.12. The van der Waals surface area contributed by atoms with Gasteiger partial charge in [-0.1, -0.05) is 38.5 Å². The van der Waals surface area contributed by atoms with E-state index < -0.39 is 5.97 Å². The number of aromatic nitrogens is 2. The minimum Gasteiger partial charge on any atom is -0.462 e. The highest BCUT2D eigenvalue weighted by Gasteiger charge is 2.34. The third-order valence-corrected chi connectivity index (χ3v) is 6.08. The van der Waals surface area contributed by atoms with Crippen LogP contribution in [0.5, 0.6) is 0 Å². The molecule has 2 aromatic rings. The van der Waals surface area contributed by atoms with Crippen molar-refractivity contribution in [2.24, 2.45) is 0 Å². The first-order valence-electron chi connectivity index (χ1n) is 12.3. The second kappa shape index (κ2) is 11.8. The normalized spacial score (nSPS) is 15.6. The number of hydrogen-bond donors (Lipinski definition) is 1. The molecule has 1 N–H and O–H groups in total. The van der Waals surface area contributed by atoms with Crippen molar-refractivity contribution in [2.75, 3.05) is 31.6 Å². The summed E-state index contributed by atoms with van der Waals surface area (Å²) in [6.45, 7) is 10.6. The Morgan fingerprint density at radius 1 is 1.11 bits per heavy atom. The van der Waals surface area contributed by atoms with Crippen molar-refractivity contribution in [1.82, 2.24) is 19.8 Å². The summed E-state index contributed by atoms with van der Waals surface area (Å²) in [4.78, 5) is 51.4. The Hall–Kier alpha value is -3.49. The number of benzene rings is 1. The molecule has 0 radical (unpaired) electrons. The highest BCUT2D eigenvalue weighted by molar-refractivity contribution is 6.04. The molecule has 2 heterocycles. The third kappa shape index (κ3) is 5.96. The van der Waals surface area contributed by atoms with Crippen LogP contribution in [0.25, 0.3) is 0 Å². The Morgan fingerprint density at radius 3 is 2.51 bits per heavy atom. The summed E-state index contributed by atoms with van der Waals surface area (Å²) in [5, 5.41) is 3.01. The van der Waals surface area contributed by atoms with E-state index in [1.807, 2.05) is 45.0 Å². The van der Waals surface area contributed by atoms with E-state index in [0.29, 0.717) is 37.6 Å². The quantitative estimate of drug-likeness (QED) is 0.602. The molecule has 1 aliphatic heterocycles. The number of ether oxygens (including phenoxy) is 1. The molecule has 1 aromatic heterocycles. The van der Waals surface area contributed by atoms with Crippen molar-refractivity contribution in [3.05, 3.63) is 52.6 Å². The maximum atomic E-state index is 13.5. The number of urea groups is 1. The maximum absolute atomic E-state index is 13.5. The molecule has 3 amide bonds. The predicted octanol–water partition coefficient (Wildman–Crippen LogP) is 3.86. The van der Waals surface area contributed by atoms with Gasteiger partial charge in [0.05, 0.1) is 12.3 Å².